The molecule has 0 saturated carbocycles. The van der Waals surface area contributed by atoms with Crippen LogP contribution in [-0.2, 0) is 0 Å². The Hall–Kier alpha value is -3.44. The molecule has 0 aliphatic heterocycles. The van der Waals surface area contributed by atoms with E-state index in [0.717, 1.165) is 0 Å². The van der Waals surface area contributed by atoms with Crippen molar-refractivity contribution < 1.29 is 30.6 Å². The van der Waals surface area contributed by atoms with Gasteiger partial charge in [0.25, 0.3) is 0 Å². The monoisotopic (exact) mass is 466 g/mol. The summed E-state index contributed by atoms with van der Waals surface area (Å²) < 4.78 is 0. The molecule has 2 aromatic rings. The zero-order chi connectivity index (χ0) is 24.2. The first-order chi connectivity index (χ1) is 16.5. The third-order valence-corrected chi connectivity index (χ3v) is 5.44. The maximum atomic E-state index is 10.6. The highest BCUT2D eigenvalue weighted by Gasteiger charge is 2.23. The average Bonchev–Trinajstić information content (AvgIpc) is 2.82. The number of phenols is 2. The molecule has 0 fully saturated rings. The highest BCUT2D eigenvalue weighted by atomic mass is 16.3. The summed E-state index contributed by atoms with van der Waals surface area (Å²) in [5.41, 5.74) is 1.42. The maximum absolute atomic E-state index is 10.6. The molecule has 0 bridgehead atoms. The Kier molecular flexibility index (Phi) is 7.13. The largest absolute Gasteiger partial charge is 0.508 e. The minimum absolute atomic E-state index is 0.0455. The maximum Gasteiger partial charge on any atom is 0.116 e. The van der Waals surface area contributed by atoms with Gasteiger partial charge in [-0.2, -0.15) is 0 Å². The first kappa shape index (κ1) is 23.7. The van der Waals surface area contributed by atoms with Crippen molar-refractivity contribution in [1.29, 1.82) is 0 Å². The van der Waals surface area contributed by atoms with Gasteiger partial charge in [0.05, 0.1) is 74.0 Å². The number of aliphatic hydroxyl groups excluding tert-OH is 4. The standard InChI is InChI=1S/C24H26N4O6/c29-5-1-25-21-15-9-13(33)11-17-19(15)20-16(22(21)26-2-6-30)10-14(34)12-18(20)24(28-4-8-32)23(17)27-3-7-31/h9-12,29-34H,1-8H2. The summed E-state index contributed by atoms with van der Waals surface area (Å²) in [6, 6.07) is 6.23. The molecule has 0 saturated heterocycles. The fourth-order valence-electron chi connectivity index (χ4n) is 4.34. The van der Waals surface area contributed by atoms with E-state index in [4.69, 9.17) is 0 Å². The molecule has 10 nitrogen and oxygen atoms in total. The van der Waals surface area contributed by atoms with Crippen LogP contribution >= 0.6 is 0 Å². The van der Waals surface area contributed by atoms with Gasteiger partial charge in [-0.05, 0) is 24.3 Å². The smallest absolute Gasteiger partial charge is 0.116 e. The Labute approximate surface area is 193 Å². The second-order valence-corrected chi connectivity index (χ2v) is 7.65. The molecular weight excluding hydrogens is 440 g/mol. The average molecular weight is 466 g/mol. The third kappa shape index (κ3) is 4.12. The van der Waals surface area contributed by atoms with Crippen molar-refractivity contribution in [2.24, 2.45) is 20.0 Å². The predicted octanol–water partition coefficient (Wildman–Crippen LogP) is -1.61. The number of rotatable bonds is 8. The Morgan fingerprint density at radius 3 is 0.882 bits per heavy atom. The molecule has 2 aliphatic rings. The Balaban J connectivity index is 2.43. The van der Waals surface area contributed by atoms with Crippen LogP contribution in [0.5, 0.6) is 11.5 Å². The minimum Gasteiger partial charge on any atom is -0.508 e. The fraction of sp³-hybridized carbons (Fsp3) is 0.333. The molecule has 4 rings (SSSR count). The van der Waals surface area contributed by atoms with Crippen molar-refractivity contribution in [3.63, 3.8) is 0 Å². The van der Waals surface area contributed by atoms with Crippen LogP contribution in [0.1, 0.15) is 0 Å². The normalized spacial score (nSPS) is 14.6. The molecule has 0 aromatic heterocycles. The fourth-order valence-corrected chi connectivity index (χ4v) is 4.34. The summed E-state index contributed by atoms with van der Waals surface area (Å²) in [5.74, 6) is -0.0910. The van der Waals surface area contributed by atoms with Crippen LogP contribution in [0.2, 0.25) is 0 Å². The van der Waals surface area contributed by atoms with E-state index in [1.54, 1.807) is 24.3 Å². The van der Waals surface area contributed by atoms with Crippen LogP contribution in [0.25, 0.3) is 32.7 Å². The lowest BCUT2D eigenvalue weighted by atomic mass is 9.86. The number of aromatic hydroxyl groups is 2. The Morgan fingerprint density at radius 1 is 0.441 bits per heavy atom. The highest BCUT2D eigenvalue weighted by Crippen LogP contribution is 2.38. The number of aliphatic hydroxyl groups is 4. The zero-order valence-corrected chi connectivity index (χ0v) is 18.4. The van der Waals surface area contributed by atoms with E-state index in [1.165, 1.54) is 0 Å². The van der Waals surface area contributed by atoms with Crippen LogP contribution in [0.15, 0.2) is 44.2 Å². The predicted molar refractivity (Wildman–Crippen MR) is 125 cm³/mol. The third-order valence-electron chi connectivity index (χ3n) is 5.44. The molecule has 0 unspecified atom stereocenters. The summed E-state index contributed by atoms with van der Waals surface area (Å²) in [4.78, 5) is 18.1. The molecule has 0 radical (unpaired) electrons. The van der Waals surface area contributed by atoms with Crippen LogP contribution in [0, 0.1) is 0 Å². The van der Waals surface area contributed by atoms with Gasteiger partial charge in [0.15, 0.2) is 0 Å². The lowest BCUT2D eigenvalue weighted by Crippen LogP contribution is -2.35. The molecule has 0 heterocycles. The minimum atomic E-state index is -0.197. The van der Waals surface area contributed by atoms with Crippen LogP contribution < -0.4 is 21.4 Å². The number of hydrogen-bond acceptors (Lipinski definition) is 10. The lowest BCUT2D eigenvalue weighted by Gasteiger charge is -2.19. The molecule has 2 aromatic carbocycles. The highest BCUT2D eigenvalue weighted by molar-refractivity contribution is 6.12. The Bertz CT molecular complexity index is 1310. The number of hydrogen-bond donors (Lipinski definition) is 6. The van der Waals surface area contributed by atoms with Crippen molar-refractivity contribution in [1.82, 2.24) is 0 Å². The lowest BCUT2D eigenvalue weighted by molar-refractivity contribution is 0.304. The van der Waals surface area contributed by atoms with Crippen molar-refractivity contribution in [2.45, 2.75) is 0 Å². The SMILES string of the molecule is OCCN=c1c(=NCCO)c2cc(O)cc3c2-c2c1cc(O)cc2c(=NCCO)c3=NCCO. The second kappa shape index (κ2) is 10.2. The molecule has 6 N–H and O–H groups in total. The molecule has 0 amide bonds. The van der Waals surface area contributed by atoms with Gasteiger partial charge in [-0.1, -0.05) is 0 Å². The molecule has 10 heteroatoms. The topological polar surface area (TPSA) is 171 Å². The number of nitrogens with zero attached hydrogens (tertiary/aromatic N) is 4. The molecule has 34 heavy (non-hydrogen) atoms. The molecule has 0 spiro atoms. The zero-order valence-electron chi connectivity index (χ0n) is 18.4. The summed E-state index contributed by atoms with van der Waals surface area (Å²) >= 11 is 0. The van der Waals surface area contributed by atoms with Crippen molar-refractivity contribution >= 4 is 21.5 Å². The molecule has 2 aliphatic carbocycles. The van der Waals surface area contributed by atoms with E-state index in [0.29, 0.717) is 54.1 Å². The van der Waals surface area contributed by atoms with E-state index >= 15 is 0 Å². The van der Waals surface area contributed by atoms with E-state index in [1.807, 2.05) is 0 Å². The van der Waals surface area contributed by atoms with Crippen molar-refractivity contribution in [3.05, 3.63) is 45.7 Å². The van der Waals surface area contributed by atoms with Gasteiger partial charge in [-0.25, -0.2) is 0 Å². The summed E-state index contributed by atoms with van der Waals surface area (Å²) in [6.07, 6.45) is 0. The molecular formula is C24H26N4O6. The van der Waals surface area contributed by atoms with E-state index in [9.17, 15) is 30.6 Å². The second-order valence-electron chi connectivity index (χ2n) is 7.65. The van der Waals surface area contributed by atoms with E-state index in [2.05, 4.69) is 20.0 Å². The van der Waals surface area contributed by atoms with Gasteiger partial charge in [-0.3, -0.25) is 20.0 Å². The van der Waals surface area contributed by atoms with Crippen LogP contribution in [-0.4, -0.2) is 83.2 Å². The van der Waals surface area contributed by atoms with Gasteiger partial charge in [0.2, 0.25) is 0 Å². The summed E-state index contributed by atoms with van der Waals surface area (Å²) in [7, 11) is 0. The van der Waals surface area contributed by atoms with Gasteiger partial charge in [0, 0.05) is 32.7 Å². The van der Waals surface area contributed by atoms with E-state index in [-0.39, 0.29) is 64.1 Å². The number of phenolic OH excluding ortho intramolecular Hbond substituents is 2. The van der Waals surface area contributed by atoms with Crippen molar-refractivity contribution in [2.75, 3.05) is 52.6 Å². The van der Waals surface area contributed by atoms with Crippen molar-refractivity contribution in [3.8, 4) is 22.6 Å². The van der Waals surface area contributed by atoms with Gasteiger partial charge >= 0.3 is 0 Å². The molecule has 178 valence electrons. The first-order valence-electron chi connectivity index (χ1n) is 10.9. The van der Waals surface area contributed by atoms with Crippen LogP contribution in [0.4, 0.5) is 0 Å². The number of benzene rings is 4. The first-order valence-corrected chi connectivity index (χ1v) is 10.9. The summed E-state index contributed by atoms with van der Waals surface area (Å²) in [5, 5.41) is 62.8. The Morgan fingerprint density at radius 2 is 0.676 bits per heavy atom. The van der Waals surface area contributed by atoms with Gasteiger partial charge < -0.3 is 30.6 Å². The molecule has 0 atom stereocenters. The van der Waals surface area contributed by atoms with Crippen LogP contribution in [0.3, 0.4) is 0 Å². The summed E-state index contributed by atoms with van der Waals surface area (Å²) in [6.45, 7) is -0.426. The quantitative estimate of drug-likeness (QED) is 0.171. The van der Waals surface area contributed by atoms with E-state index < -0.39 is 0 Å². The van der Waals surface area contributed by atoms with Gasteiger partial charge in [0.1, 0.15) is 11.5 Å². The van der Waals surface area contributed by atoms with Gasteiger partial charge in [-0.15, -0.1) is 0 Å².